The van der Waals surface area contributed by atoms with Crippen molar-refractivity contribution in [1.29, 1.82) is 15.8 Å². The van der Waals surface area contributed by atoms with Gasteiger partial charge in [0.2, 0.25) is 0 Å². The molecule has 4 heterocycles. The summed E-state index contributed by atoms with van der Waals surface area (Å²) >= 11 is 0. The summed E-state index contributed by atoms with van der Waals surface area (Å²) in [4.78, 5) is 30.0. The van der Waals surface area contributed by atoms with Gasteiger partial charge in [0, 0.05) is 22.3 Å². The number of hydrogen-bond acceptors (Lipinski definition) is 8. The fourth-order valence-electron chi connectivity index (χ4n) is 4.60. The lowest BCUT2D eigenvalue weighted by atomic mass is 9.97. The Hall–Kier alpha value is -4.17. The lowest BCUT2D eigenvalue weighted by molar-refractivity contribution is -0.157. The normalized spacial score (nSPS) is 17.6. The molecule has 0 fully saturated rings. The zero-order valence-corrected chi connectivity index (χ0v) is 19.9. The summed E-state index contributed by atoms with van der Waals surface area (Å²) in [7, 11) is -4.35. The molecule has 0 spiro atoms. The zero-order chi connectivity index (χ0) is 25.2. The Balaban J connectivity index is 0.00000304. The van der Waals surface area contributed by atoms with Gasteiger partial charge in [0.15, 0.2) is 6.10 Å². The summed E-state index contributed by atoms with van der Waals surface area (Å²) in [6.07, 6.45) is 1.65. The molecule has 0 aliphatic carbocycles. The summed E-state index contributed by atoms with van der Waals surface area (Å²) in [5.41, 5.74) is 3.31. The molecule has 0 radical (unpaired) electrons. The van der Waals surface area contributed by atoms with Crippen LogP contribution in [0.25, 0.3) is 22.3 Å². The number of aryl methyl sites for hydroxylation is 1. The number of fused-ring (bicyclic) bond motifs is 5. The molecular formula is C26H25N5O4S. The molecule has 1 N–H and O–H groups in total. The quantitative estimate of drug-likeness (QED) is 0.330. The van der Waals surface area contributed by atoms with Crippen molar-refractivity contribution < 1.29 is 14.6 Å². The number of aliphatic hydroxyl groups excluding tert-OH is 1. The zero-order valence-electron chi connectivity index (χ0n) is 19.1. The number of pyridine rings is 2. The van der Waals surface area contributed by atoms with Crippen LogP contribution in [0.3, 0.4) is 0 Å². The Morgan fingerprint density at radius 2 is 1.81 bits per heavy atom. The van der Waals surface area contributed by atoms with E-state index in [1.165, 1.54) is 17.1 Å². The smallest absolute Gasteiger partial charge is 0.340 e. The summed E-state index contributed by atoms with van der Waals surface area (Å²) in [6, 6.07) is 9.02. The Bertz CT molecular complexity index is 1660. The van der Waals surface area contributed by atoms with Crippen LogP contribution in [0, 0.1) is 32.0 Å². The van der Waals surface area contributed by atoms with E-state index in [1.54, 1.807) is 6.07 Å². The van der Waals surface area contributed by atoms with Gasteiger partial charge < -0.3 is 14.4 Å². The number of aliphatic hydroxyl groups is 1. The van der Waals surface area contributed by atoms with Crippen LogP contribution in [0.1, 0.15) is 35.8 Å². The Labute approximate surface area is 207 Å². The summed E-state index contributed by atoms with van der Waals surface area (Å²) in [5.74, 6) is -0.758. The second-order valence-electron chi connectivity index (χ2n) is 9.98. The van der Waals surface area contributed by atoms with Gasteiger partial charge in [-0.2, -0.15) is 15.8 Å². The summed E-state index contributed by atoms with van der Waals surface area (Å²) in [6.45, 7) is -0.0138. The van der Waals surface area contributed by atoms with Gasteiger partial charge in [0.25, 0.3) is 5.56 Å². The molecule has 2 aromatic heterocycles. The van der Waals surface area contributed by atoms with E-state index in [0.29, 0.717) is 16.9 Å². The Morgan fingerprint density at radius 1 is 1.14 bits per heavy atom. The van der Waals surface area contributed by atoms with Crippen LogP contribution >= 0.6 is 8.29 Å². The van der Waals surface area contributed by atoms with Gasteiger partial charge in [-0.3, -0.25) is 4.79 Å². The first kappa shape index (κ1) is 24.9. The van der Waals surface area contributed by atoms with Crippen molar-refractivity contribution in [2.75, 3.05) is 18.3 Å². The third-order valence-corrected chi connectivity index (χ3v) is 10.7. The number of rotatable bonds is 3. The van der Waals surface area contributed by atoms with E-state index in [1.807, 2.05) is 24.3 Å². The van der Waals surface area contributed by atoms with E-state index in [0.717, 1.165) is 16.5 Å². The predicted octanol–water partition coefficient (Wildman–Crippen LogP) is 3.27. The molecule has 9 nitrogen and oxygen atoms in total. The van der Waals surface area contributed by atoms with Crippen molar-refractivity contribution >= 4 is 25.2 Å². The van der Waals surface area contributed by atoms with Gasteiger partial charge in [0.05, 0.1) is 29.0 Å². The van der Waals surface area contributed by atoms with Crippen LogP contribution in [-0.4, -0.2) is 38.9 Å². The van der Waals surface area contributed by atoms with Crippen LogP contribution in [-0.2, 0) is 29.1 Å². The van der Waals surface area contributed by atoms with E-state index >= 15 is 0 Å². The second kappa shape index (κ2) is 7.41. The first-order valence-electron chi connectivity index (χ1n) is 10.8. The van der Waals surface area contributed by atoms with Crippen LogP contribution < -0.4 is 5.56 Å². The first-order chi connectivity index (χ1) is 16.5. The highest BCUT2D eigenvalue weighted by Gasteiger charge is 2.54. The van der Waals surface area contributed by atoms with Gasteiger partial charge in [0.1, 0.15) is 22.8 Å². The standard InChI is InChI=1S/C25H21N5O4S.CH4/c1-35(2,12-26,13-27,14-28)8-7-15-16-5-3-4-6-20(16)29-22-18(15)10-30-21(22)9-17-19(24(30)32)11-34-25(33)23(17)31;/h3-6,9,23,31H,7-8,10-11H2,1-2H3;1H4. The Kier molecular flexibility index (Phi) is 5.14. The number of esters is 1. The van der Waals surface area contributed by atoms with Crippen molar-refractivity contribution in [3.8, 4) is 27.6 Å². The maximum Gasteiger partial charge on any atom is 0.340 e. The molecule has 184 valence electrons. The van der Waals surface area contributed by atoms with Crippen LogP contribution in [0.4, 0.5) is 0 Å². The minimum atomic E-state index is -4.35. The van der Waals surface area contributed by atoms with Crippen molar-refractivity contribution in [2.24, 2.45) is 0 Å². The number of cyclic esters (lactones) is 1. The maximum absolute atomic E-state index is 13.3. The highest BCUT2D eigenvalue weighted by Crippen LogP contribution is 2.82. The van der Waals surface area contributed by atoms with Crippen molar-refractivity contribution in [2.45, 2.75) is 33.1 Å². The van der Waals surface area contributed by atoms with Crippen LogP contribution in [0.15, 0.2) is 35.1 Å². The van der Waals surface area contributed by atoms with Crippen molar-refractivity contribution in [3.63, 3.8) is 0 Å². The lowest BCUT2D eigenvalue weighted by Gasteiger charge is -2.54. The average molecular weight is 504 g/mol. The maximum atomic E-state index is 13.3. The molecule has 0 amide bonds. The Morgan fingerprint density at radius 3 is 2.47 bits per heavy atom. The topological polar surface area (TPSA) is 153 Å². The van der Waals surface area contributed by atoms with Crippen LogP contribution in [0.2, 0.25) is 0 Å². The minimum Gasteiger partial charge on any atom is -0.458 e. The van der Waals surface area contributed by atoms with E-state index in [2.05, 4.69) is 16.2 Å². The molecule has 5 rings (SSSR count). The number of nitrogens with zero attached hydrogens (tertiary/aromatic N) is 5. The van der Waals surface area contributed by atoms with E-state index in [4.69, 9.17) is 9.72 Å². The molecule has 0 saturated carbocycles. The number of ether oxygens (including phenoxy) is 1. The molecule has 2 aliphatic rings. The van der Waals surface area contributed by atoms with Gasteiger partial charge >= 0.3 is 5.97 Å². The molecule has 0 saturated heterocycles. The fourth-order valence-corrected chi connectivity index (χ4v) is 5.92. The highest BCUT2D eigenvalue weighted by molar-refractivity contribution is 8.73. The number of hydrogen-bond donors (Lipinski definition) is 1. The predicted molar refractivity (Wildman–Crippen MR) is 137 cm³/mol. The third-order valence-electron chi connectivity index (χ3n) is 7.06. The van der Waals surface area contributed by atoms with E-state index in [9.17, 15) is 30.5 Å². The van der Waals surface area contributed by atoms with Gasteiger partial charge in [-0.15, -0.1) is 0 Å². The summed E-state index contributed by atoms with van der Waals surface area (Å²) < 4.78 is 6.49. The number of carbonyl (C=O) groups excluding carboxylic acids is 1. The number of carbonyl (C=O) groups is 1. The molecular weight excluding hydrogens is 478 g/mol. The van der Waals surface area contributed by atoms with Crippen molar-refractivity contribution in [3.05, 3.63) is 62.9 Å². The highest BCUT2D eigenvalue weighted by atomic mass is 32.4. The lowest BCUT2D eigenvalue weighted by Crippen LogP contribution is -2.33. The van der Waals surface area contributed by atoms with Crippen LogP contribution in [0.5, 0.6) is 0 Å². The monoisotopic (exact) mass is 503 g/mol. The average Bonchev–Trinajstić information content (AvgIpc) is 3.24. The van der Waals surface area contributed by atoms with E-state index < -0.39 is 20.4 Å². The first-order valence-corrected chi connectivity index (χ1v) is 14.2. The molecule has 2 aliphatic heterocycles. The molecule has 0 bridgehead atoms. The second-order valence-corrected chi connectivity index (χ2v) is 16.8. The summed E-state index contributed by atoms with van der Waals surface area (Å²) in [5, 5.41) is 47.3. The molecule has 1 aromatic carbocycles. The van der Waals surface area contributed by atoms with E-state index in [-0.39, 0.29) is 49.4 Å². The van der Waals surface area contributed by atoms with Gasteiger partial charge in [-0.25, -0.2) is 9.78 Å². The number of benzene rings is 1. The fraction of sp³-hybridized carbons (Fsp3) is 0.308. The largest absolute Gasteiger partial charge is 0.458 e. The number of para-hydroxylation sites is 1. The number of thiocyanates is 3. The van der Waals surface area contributed by atoms with Gasteiger partial charge in [-0.05, 0) is 36.6 Å². The SMILES string of the molecule is C.CS(C)(C#N)(C#N)(C#N)CCc1c2c(nc3ccccc13)-c1cc3c(c(=O)n1C2)COC(=O)C3O. The molecule has 36 heavy (non-hydrogen) atoms. The van der Waals surface area contributed by atoms with Gasteiger partial charge in [-0.1, -0.05) is 33.9 Å². The number of aromatic nitrogens is 2. The minimum absolute atomic E-state index is 0. The molecule has 3 aromatic rings. The molecule has 1 atom stereocenters. The molecule has 1 unspecified atom stereocenters. The molecule has 10 heteroatoms. The third kappa shape index (κ3) is 3.29. The van der Waals surface area contributed by atoms with Crippen molar-refractivity contribution in [1.82, 2.24) is 9.55 Å². The number of nitriles is 3.